The number of carbonyl (C=O) groups is 2. The van der Waals surface area contributed by atoms with Crippen LogP contribution in [0.5, 0.6) is 0 Å². The molecule has 0 radical (unpaired) electrons. The Morgan fingerprint density at radius 2 is 1.81 bits per heavy atom. The third-order valence-electron chi connectivity index (χ3n) is 4.69. The van der Waals surface area contributed by atoms with Crippen LogP contribution in [-0.2, 0) is 20.4 Å². The van der Waals surface area contributed by atoms with E-state index in [4.69, 9.17) is 0 Å². The van der Waals surface area contributed by atoms with Crippen LogP contribution in [-0.4, -0.2) is 43.4 Å². The highest BCUT2D eigenvalue weighted by Crippen LogP contribution is 2.21. The molecular formula is C20H21NO5S. The first-order valence-electron chi connectivity index (χ1n) is 8.75. The van der Waals surface area contributed by atoms with E-state index in [0.717, 1.165) is 0 Å². The zero-order chi connectivity index (χ0) is 19.4. The fraction of sp³-hybridized carbons (Fsp3) is 0.300. The number of nitrogens with zero attached hydrogens (tertiary/aromatic N) is 1. The highest BCUT2D eigenvalue weighted by atomic mass is 32.2. The van der Waals surface area contributed by atoms with Crippen LogP contribution in [0.2, 0.25) is 0 Å². The first kappa shape index (κ1) is 19.1. The van der Waals surface area contributed by atoms with Crippen LogP contribution in [0.3, 0.4) is 0 Å². The van der Waals surface area contributed by atoms with Crippen molar-refractivity contribution in [1.82, 2.24) is 4.90 Å². The Hall–Kier alpha value is -2.67. The average molecular weight is 387 g/mol. The molecule has 1 N–H and O–H groups in total. The van der Waals surface area contributed by atoms with Gasteiger partial charge in [0.2, 0.25) is 0 Å². The first-order chi connectivity index (χ1) is 12.9. The smallest absolute Gasteiger partial charge is 0.308 e. The second-order valence-corrected chi connectivity index (χ2v) is 8.69. The molecular weight excluding hydrogens is 366 g/mol. The molecule has 1 saturated heterocycles. The molecule has 0 aliphatic carbocycles. The standard InChI is InChI=1S/C20H21NO5S/c22-19(21-11-5-8-17(13-21)20(23)24)16-7-4-6-15(12-16)14-27(25,26)18-9-2-1-3-10-18/h1-4,6-7,9-10,12,17H,5,8,11,13-14H2,(H,23,24)/t17-/m1/s1. The lowest BCUT2D eigenvalue weighted by atomic mass is 9.97. The molecule has 7 heteroatoms. The number of hydrogen-bond acceptors (Lipinski definition) is 4. The number of carbonyl (C=O) groups excluding carboxylic acids is 1. The normalized spacial score (nSPS) is 17.5. The number of carboxylic acids is 1. The van der Waals surface area contributed by atoms with E-state index >= 15 is 0 Å². The zero-order valence-electron chi connectivity index (χ0n) is 14.7. The number of carboxylic acid groups (broad SMARTS) is 1. The summed E-state index contributed by atoms with van der Waals surface area (Å²) in [6.45, 7) is 0.690. The fourth-order valence-corrected chi connectivity index (χ4v) is 4.63. The molecule has 1 fully saturated rings. The number of hydrogen-bond donors (Lipinski definition) is 1. The van der Waals surface area contributed by atoms with Gasteiger partial charge in [-0.05, 0) is 42.7 Å². The van der Waals surface area contributed by atoms with E-state index in [2.05, 4.69) is 0 Å². The van der Waals surface area contributed by atoms with E-state index in [1.165, 1.54) is 4.90 Å². The Bertz CT molecular complexity index is 940. The number of benzene rings is 2. The van der Waals surface area contributed by atoms with E-state index in [1.807, 2.05) is 0 Å². The van der Waals surface area contributed by atoms with Gasteiger partial charge in [0.1, 0.15) is 0 Å². The van der Waals surface area contributed by atoms with Crippen molar-refractivity contribution in [2.45, 2.75) is 23.5 Å². The molecule has 0 saturated carbocycles. The molecule has 0 spiro atoms. The first-order valence-corrected chi connectivity index (χ1v) is 10.4. The number of aliphatic carboxylic acids is 1. The molecule has 1 aliphatic heterocycles. The summed E-state index contributed by atoms with van der Waals surface area (Å²) in [4.78, 5) is 25.7. The predicted octanol–water partition coefficient (Wildman–Crippen LogP) is 2.60. The van der Waals surface area contributed by atoms with Gasteiger partial charge in [-0.25, -0.2) is 8.42 Å². The second kappa shape index (κ2) is 7.92. The fourth-order valence-electron chi connectivity index (χ4n) is 3.27. The average Bonchev–Trinajstić information content (AvgIpc) is 2.68. The molecule has 1 aliphatic rings. The Labute approximate surface area is 158 Å². The molecule has 0 unspecified atom stereocenters. The van der Waals surface area contributed by atoms with Crippen LogP contribution in [0.1, 0.15) is 28.8 Å². The number of sulfone groups is 1. The van der Waals surface area contributed by atoms with Crippen molar-refractivity contribution in [2.24, 2.45) is 5.92 Å². The van der Waals surface area contributed by atoms with Crippen LogP contribution in [0, 0.1) is 5.92 Å². The lowest BCUT2D eigenvalue weighted by molar-refractivity contribution is -0.143. The Kier molecular flexibility index (Phi) is 5.60. The van der Waals surface area contributed by atoms with Gasteiger partial charge in [-0.15, -0.1) is 0 Å². The van der Waals surface area contributed by atoms with Crippen LogP contribution in [0.25, 0.3) is 0 Å². The van der Waals surface area contributed by atoms with E-state index in [0.29, 0.717) is 30.5 Å². The molecule has 142 valence electrons. The van der Waals surface area contributed by atoms with E-state index < -0.39 is 21.7 Å². The monoisotopic (exact) mass is 387 g/mol. The lowest BCUT2D eigenvalue weighted by Crippen LogP contribution is -2.42. The Morgan fingerprint density at radius 3 is 2.52 bits per heavy atom. The molecule has 1 atom stereocenters. The van der Waals surface area contributed by atoms with Gasteiger partial charge in [0.25, 0.3) is 5.91 Å². The molecule has 1 heterocycles. The van der Waals surface area contributed by atoms with Crippen molar-refractivity contribution in [1.29, 1.82) is 0 Å². The van der Waals surface area contributed by atoms with Gasteiger partial charge in [0.15, 0.2) is 9.84 Å². The summed E-state index contributed by atoms with van der Waals surface area (Å²) >= 11 is 0. The highest BCUT2D eigenvalue weighted by Gasteiger charge is 2.28. The summed E-state index contributed by atoms with van der Waals surface area (Å²) in [5.41, 5.74) is 0.901. The van der Waals surface area contributed by atoms with Crippen molar-refractivity contribution >= 4 is 21.7 Å². The van der Waals surface area contributed by atoms with E-state index in [-0.39, 0.29) is 23.1 Å². The Morgan fingerprint density at radius 1 is 1.07 bits per heavy atom. The van der Waals surface area contributed by atoms with Crippen molar-refractivity contribution in [3.63, 3.8) is 0 Å². The summed E-state index contributed by atoms with van der Waals surface area (Å²) in [6, 6.07) is 14.7. The molecule has 1 amide bonds. The summed E-state index contributed by atoms with van der Waals surface area (Å²) in [5, 5.41) is 9.18. The van der Waals surface area contributed by atoms with Crippen LogP contribution in [0.4, 0.5) is 0 Å². The number of piperidine rings is 1. The summed E-state index contributed by atoms with van der Waals surface area (Å²) in [6.07, 6.45) is 1.21. The van der Waals surface area contributed by atoms with Crippen molar-refractivity contribution in [3.05, 3.63) is 65.7 Å². The number of likely N-dealkylation sites (tertiary alicyclic amines) is 1. The number of amides is 1. The van der Waals surface area contributed by atoms with Crippen LogP contribution < -0.4 is 0 Å². The van der Waals surface area contributed by atoms with Crippen LogP contribution in [0.15, 0.2) is 59.5 Å². The second-order valence-electron chi connectivity index (χ2n) is 6.70. The van der Waals surface area contributed by atoms with Gasteiger partial charge in [0.05, 0.1) is 16.6 Å². The van der Waals surface area contributed by atoms with Gasteiger partial charge in [-0.3, -0.25) is 9.59 Å². The minimum Gasteiger partial charge on any atom is -0.481 e. The molecule has 6 nitrogen and oxygen atoms in total. The molecule has 0 aromatic heterocycles. The molecule has 2 aromatic carbocycles. The zero-order valence-corrected chi connectivity index (χ0v) is 15.6. The van der Waals surface area contributed by atoms with E-state index in [9.17, 15) is 23.1 Å². The third-order valence-corrected chi connectivity index (χ3v) is 6.39. The molecule has 2 aromatic rings. The maximum atomic E-state index is 12.7. The number of rotatable bonds is 5. The molecule has 27 heavy (non-hydrogen) atoms. The van der Waals surface area contributed by atoms with Gasteiger partial charge in [0, 0.05) is 18.7 Å². The van der Waals surface area contributed by atoms with Crippen molar-refractivity contribution in [3.8, 4) is 0 Å². The quantitative estimate of drug-likeness (QED) is 0.851. The molecule has 3 rings (SSSR count). The van der Waals surface area contributed by atoms with Gasteiger partial charge in [-0.2, -0.15) is 0 Å². The summed E-state index contributed by atoms with van der Waals surface area (Å²) in [7, 11) is -3.50. The van der Waals surface area contributed by atoms with Gasteiger partial charge in [-0.1, -0.05) is 30.3 Å². The van der Waals surface area contributed by atoms with Crippen molar-refractivity contribution < 1.29 is 23.1 Å². The van der Waals surface area contributed by atoms with Gasteiger partial charge >= 0.3 is 5.97 Å². The largest absolute Gasteiger partial charge is 0.481 e. The lowest BCUT2D eigenvalue weighted by Gasteiger charge is -2.30. The summed E-state index contributed by atoms with van der Waals surface area (Å²) < 4.78 is 25.1. The summed E-state index contributed by atoms with van der Waals surface area (Å²) in [5.74, 6) is -1.91. The minimum absolute atomic E-state index is 0.181. The topological polar surface area (TPSA) is 91.8 Å². The maximum Gasteiger partial charge on any atom is 0.308 e. The van der Waals surface area contributed by atoms with Crippen molar-refractivity contribution in [2.75, 3.05) is 13.1 Å². The highest BCUT2D eigenvalue weighted by molar-refractivity contribution is 7.90. The minimum atomic E-state index is -3.50. The van der Waals surface area contributed by atoms with Gasteiger partial charge < -0.3 is 10.0 Å². The van der Waals surface area contributed by atoms with Crippen LogP contribution >= 0.6 is 0 Å². The predicted molar refractivity (Wildman–Crippen MR) is 100 cm³/mol. The Balaban J connectivity index is 1.77. The van der Waals surface area contributed by atoms with E-state index in [1.54, 1.807) is 54.6 Å². The third kappa shape index (κ3) is 4.54. The molecule has 0 bridgehead atoms. The maximum absolute atomic E-state index is 12.7. The SMILES string of the molecule is O=C(O)[C@@H]1CCCN(C(=O)c2cccc(CS(=O)(=O)c3ccccc3)c2)C1.